The Labute approximate surface area is 123 Å². The lowest BCUT2D eigenvalue weighted by Gasteiger charge is -2.23. The number of hydrogen-bond donors (Lipinski definition) is 1. The molecule has 1 heterocycles. The highest BCUT2D eigenvalue weighted by Gasteiger charge is 2.29. The molecule has 1 aromatic carbocycles. The summed E-state index contributed by atoms with van der Waals surface area (Å²) in [6.07, 6.45) is -4.42. The number of carbonyl (C=O) groups is 1. The van der Waals surface area contributed by atoms with Crippen molar-refractivity contribution in [2.45, 2.75) is 19.1 Å². The Bertz CT molecular complexity index is 608. The van der Waals surface area contributed by atoms with Crippen LogP contribution < -0.4 is 5.32 Å². The lowest BCUT2D eigenvalue weighted by Crippen LogP contribution is -2.42. The van der Waals surface area contributed by atoms with Gasteiger partial charge in [0.1, 0.15) is 11.6 Å². The van der Waals surface area contributed by atoms with Crippen molar-refractivity contribution in [3.05, 3.63) is 29.3 Å². The number of urea groups is 1. The summed E-state index contributed by atoms with van der Waals surface area (Å²) in [4.78, 5) is 17.3. The van der Waals surface area contributed by atoms with E-state index in [2.05, 4.69) is 4.98 Å². The van der Waals surface area contributed by atoms with E-state index in [-0.39, 0.29) is 0 Å². The highest BCUT2D eigenvalue weighted by Crippen LogP contribution is 2.28. The molecule has 1 N–H and O–H groups in total. The number of benzene rings is 1. The molecular weight excluding hydrogens is 303 g/mol. The maximum Gasteiger partial charge on any atom is 0.405 e. The van der Waals surface area contributed by atoms with Crippen LogP contribution >= 0.6 is 11.3 Å². The maximum absolute atomic E-state index is 12.1. The number of aromatic nitrogens is 1. The number of nitrogens with zero attached hydrogens (tertiary/aromatic N) is 2. The zero-order chi connectivity index (χ0) is 15.6. The second kappa shape index (κ2) is 5.88. The molecule has 0 saturated heterocycles. The molecule has 1 atom stereocenters. The van der Waals surface area contributed by atoms with E-state index >= 15 is 0 Å². The van der Waals surface area contributed by atoms with Gasteiger partial charge in [0.05, 0.1) is 16.3 Å². The number of amides is 2. The van der Waals surface area contributed by atoms with Crippen LogP contribution in [0, 0.1) is 0 Å². The molecule has 4 nitrogen and oxygen atoms in total. The molecule has 1 aromatic heterocycles. The van der Waals surface area contributed by atoms with Gasteiger partial charge in [-0.1, -0.05) is 12.1 Å². The molecule has 1 unspecified atom stereocenters. The first-order chi connectivity index (χ1) is 9.78. The van der Waals surface area contributed by atoms with Crippen LogP contribution in [-0.2, 0) is 0 Å². The Morgan fingerprint density at radius 2 is 2.10 bits per heavy atom. The minimum atomic E-state index is -4.42. The summed E-state index contributed by atoms with van der Waals surface area (Å²) in [7, 11) is 1.45. The molecule has 2 amide bonds. The Morgan fingerprint density at radius 3 is 2.71 bits per heavy atom. The molecule has 0 saturated carbocycles. The Kier molecular flexibility index (Phi) is 4.36. The normalized spacial score (nSPS) is 13.2. The number of alkyl halides is 3. The molecule has 0 bridgehead atoms. The number of fused-ring (bicyclic) bond motifs is 1. The maximum atomic E-state index is 12.1. The molecular formula is C13H14F3N3OS. The Hall–Kier alpha value is -1.83. The van der Waals surface area contributed by atoms with Gasteiger partial charge in [-0.05, 0) is 19.1 Å². The van der Waals surface area contributed by atoms with E-state index in [1.165, 1.54) is 23.3 Å². The van der Waals surface area contributed by atoms with E-state index in [0.717, 1.165) is 10.2 Å². The van der Waals surface area contributed by atoms with Gasteiger partial charge in [0.25, 0.3) is 0 Å². The summed E-state index contributed by atoms with van der Waals surface area (Å²) in [6.45, 7) is 0.383. The second-order valence-electron chi connectivity index (χ2n) is 4.58. The fraction of sp³-hybridized carbons (Fsp3) is 0.385. The van der Waals surface area contributed by atoms with E-state index in [4.69, 9.17) is 0 Å². The predicted octanol–water partition coefficient (Wildman–Crippen LogP) is 3.56. The largest absolute Gasteiger partial charge is 0.405 e. The second-order valence-corrected chi connectivity index (χ2v) is 5.64. The smallest absolute Gasteiger partial charge is 0.329 e. The number of hydrogen-bond acceptors (Lipinski definition) is 3. The number of thiazole rings is 1. The molecule has 0 spiro atoms. The van der Waals surface area contributed by atoms with Crippen LogP contribution in [0.2, 0.25) is 0 Å². The van der Waals surface area contributed by atoms with Gasteiger partial charge in [-0.25, -0.2) is 9.78 Å². The molecule has 8 heteroatoms. The number of carbonyl (C=O) groups excluding carboxylic acids is 1. The third kappa shape index (κ3) is 3.84. The van der Waals surface area contributed by atoms with E-state index < -0.39 is 24.8 Å². The van der Waals surface area contributed by atoms with Crippen molar-refractivity contribution in [3.8, 4) is 0 Å². The van der Waals surface area contributed by atoms with Crippen molar-refractivity contribution in [1.82, 2.24) is 15.2 Å². The van der Waals surface area contributed by atoms with Gasteiger partial charge in [0, 0.05) is 7.05 Å². The standard InChI is InChI=1S/C13H14F3N3OS/c1-8(19(2)12(20)17-7-13(14,15)16)11-18-9-5-3-4-6-10(9)21-11/h3-6,8H,7H2,1-2H3,(H,17,20). The topological polar surface area (TPSA) is 45.2 Å². The number of halogens is 3. The first kappa shape index (κ1) is 15.6. The number of para-hydroxylation sites is 1. The van der Waals surface area contributed by atoms with Crippen LogP contribution in [0.1, 0.15) is 18.0 Å². The van der Waals surface area contributed by atoms with Crippen molar-refractivity contribution in [3.63, 3.8) is 0 Å². The van der Waals surface area contributed by atoms with Crippen LogP contribution in [0.15, 0.2) is 24.3 Å². The van der Waals surface area contributed by atoms with Crippen LogP contribution in [0.5, 0.6) is 0 Å². The third-order valence-electron chi connectivity index (χ3n) is 3.01. The Morgan fingerprint density at radius 1 is 1.43 bits per heavy atom. The molecule has 0 fully saturated rings. The van der Waals surface area contributed by atoms with E-state index in [0.29, 0.717) is 5.01 Å². The van der Waals surface area contributed by atoms with E-state index in [1.54, 1.807) is 6.92 Å². The third-order valence-corrected chi connectivity index (χ3v) is 4.22. The monoisotopic (exact) mass is 317 g/mol. The molecule has 2 rings (SSSR count). The quantitative estimate of drug-likeness (QED) is 0.941. The average Bonchev–Trinajstić information content (AvgIpc) is 2.86. The SMILES string of the molecule is CC(c1nc2ccccc2s1)N(C)C(=O)NCC(F)(F)F. The predicted molar refractivity (Wildman–Crippen MR) is 75.3 cm³/mol. The van der Waals surface area contributed by atoms with Gasteiger partial charge >= 0.3 is 12.2 Å². The highest BCUT2D eigenvalue weighted by atomic mass is 32.1. The summed E-state index contributed by atoms with van der Waals surface area (Å²) in [5, 5.41) is 2.53. The zero-order valence-electron chi connectivity index (χ0n) is 11.4. The van der Waals surface area contributed by atoms with Gasteiger partial charge in [-0.15, -0.1) is 11.3 Å². The highest BCUT2D eigenvalue weighted by molar-refractivity contribution is 7.18. The molecule has 21 heavy (non-hydrogen) atoms. The van der Waals surface area contributed by atoms with Gasteiger partial charge < -0.3 is 10.2 Å². The van der Waals surface area contributed by atoms with Crippen LogP contribution in [0.4, 0.5) is 18.0 Å². The van der Waals surface area contributed by atoms with Crippen molar-refractivity contribution >= 4 is 27.6 Å². The minimum Gasteiger partial charge on any atom is -0.329 e. The summed E-state index contributed by atoms with van der Waals surface area (Å²) >= 11 is 1.42. The molecule has 0 radical (unpaired) electrons. The molecule has 0 aliphatic carbocycles. The molecule has 2 aromatic rings. The lowest BCUT2D eigenvalue weighted by molar-refractivity contribution is -0.123. The van der Waals surface area contributed by atoms with Gasteiger partial charge in [-0.3, -0.25) is 0 Å². The van der Waals surface area contributed by atoms with Gasteiger partial charge in [-0.2, -0.15) is 13.2 Å². The summed E-state index contributed by atoms with van der Waals surface area (Å²) in [6, 6.07) is 6.32. The fourth-order valence-electron chi connectivity index (χ4n) is 1.71. The lowest BCUT2D eigenvalue weighted by atomic mass is 10.3. The first-order valence-corrected chi connectivity index (χ1v) is 7.02. The summed E-state index contributed by atoms with van der Waals surface area (Å²) < 4.78 is 37.3. The van der Waals surface area contributed by atoms with Crippen molar-refractivity contribution < 1.29 is 18.0 Å². The van der Waals surface area contributed by atoms with E-state index in [9.17, 15) is 18.0 Å². The number of nitrogens with one attached hydrogen (secondary N) is 1. The summed E-state index contributed by atoms with van der Waals surface area (Å²) in [5.74, 6) is 0. The van der Waals surface area contributed by atoms with Gasteiger partial charge in [0.2, 0.25) is 0 Å². The van der Waals surface area contributed by atoms with Crippen LogP contribution in [0.25, 0.3) is 10.2 Å². The molecule has 114 valence electrons. The van der Waals surface area contributed by atoms with Crippen molar-refractivity contribution in [2.24, 2.45) is 0 Å². The van der Waals surface area contributed by atoms with Crippen molar-refractivity contribution in [2.75, 3.05) is 13.6 Å². The first-order valence-electron chi connectivity index (χ1n) is 6.21. The Balaban J connectivity index is 2.07. The van der Waals surface area contributed by atoms with Crippen LogP contribution in [-0.4, -0.2) is 35.7 Å². The number of rotatable bonds is 3. The van der Waals surface area contributed by atoms with Crippen LogP contribution in [0.3, 0.4) is 0 Å². The molecule has 0 aliphatic heterocycles. The van der Waals surface area contributed by atoms with Crippen molar-refractivity contribution in [1.29, 1.82) is 0 Å². The summed E-state index contributed by atoms with van der Waals surface area (Å²) in [5.41, 5.74) is 0.813. The fourth-order valence-corrected chi connectivity index (χ4v) is 2.77. The van der Waals surface area contributed by atoms with Gasteiger partial charge in [0.15, 0.2) is 0 Å². The minimum absolute atomic E-state index is 0.407. The average molecular weight is 317 g/mol. The molecule has 0 aliphatic rings. The van der Waals surface area contributed by atoms with E-state index in [1.807, 2.05) is 29.6 Å². The zero-order valence-corrected chi connectivity index (χ0v) is 12.3.